The second-order valence-corrected chi connectivity index (χ2v) is 8.14. The molecular formula is C20H20N6OS. The number of amides is 1. The molecule has 1 fully saturated rings. The zero-order valence-corrected chi connectivity index (χ0v) is 16.3. The van der Waals surface area contributed by atoms with Crippen LogP contribution in [0.4, 0.5) is 0 Å². The summed E-state index contributed by atoms with van der Waals surface area (Å²) in [6.45, 7) is 0. The van der Waals surface area contributed by atoms with E-state index in [-0.39, 0.29) is 5.91 Å². The van der Waals surface area contributed by atoms with Crippen molar-refractivity contribution in [3.63, 3.8) is 0 Å². The summed E-state index contributed by atoms with van der Waals surface area (Å²) in [6, 6.07) is 2.26. The molecule has 4 heterocycles. The number of aryl methyl sites for hydroxylation is 1. The molecule has 1 aliphatic rings. The van der Waals surface area contributed by atoms with Crippen LogP contribution in [-0.4, -0.2) is 36.3 Å². The summed E-state index contributed by atoms with van der Waals surface area (Å²) in [7, 11) is 1.89. The van der Waals surface area contributed by atoms with Gasteiger partial charge in [-0.15, -0.1) is 11.3 Å². The highest BCUT2D eigenvalue weighted by molar-refractivity contribution is 7.12. The fourth-order valence-electron chi connectivity index (χ4n) is 3.72. The maximum absolute atomic E-state index is 12.5. The fourth-order valence-corrected chi connectivity index (χ4v) is 4.53. The van der Waals surface area contributed by atoms with Crippen LogP contribution in [0.5, 0.6) is 0 Å². The van der Waals surface area contributed by atoms with Crippen LogP contribution in [0.3, 0.4) is 0 Å². The van der Waals surface area contributed by atoms with Crippen molar-refractivity contribution in [1.29, 1.82) is 0 Å². The Bertz CT molecular complexity index is 1150. The van der Waals surface area contributed by atoms with Crippen LogP contribution in [0.2, 0.25) is 0 Å². The highest BCUT2D eigenvalue weighted by atomic mass is 32.1. The van der Waals surface area contributed by atoms with E-state index in [0.29, 0.717) is 6.04 Å². The normalized spacial score (nSPS) is 14.8. The van der Waals surface area contributed by atoms with E-state index in [0.717, 1.165) is 45.6 Å². The second-order valence-electron chi connectivity index (χ2n) is 7.23. The first-order valence-corrected chi connectivity index (χ1v) is 10.3. The lowest BCUT2D eigenvalue weighted by Crippen LogP contribution is -2.31. The molecule has 1 saturated carbocycles. The van der Waals surface area contributed by atoms with Gasteiger partial charge in [0.1, 0.15) is 0 Å². The van der Waals surface area contributed by atoms with Gasteiger partial charge in [-0.05, 0) is 29.9 Å². The number of hydrogen-bond acceptors (Lipinski definition) is 5. The van der Waals surface area contributed by atoms with Crippen LogP contribution in [0, 0.1) is 0 Å². The maximum Gasteiger partial charge on any atom is 0.261 e. The summed E-state index contributed by atoms with van der Waals surface area (Å²) in [5.74, 6) is 0.0199. The van der Waals surface area contributed by atoms with Crippen LogP contribution in [-0.2, 0) is 7.05 Å². The molecule has 8 heteroatoms. The van der Waals surface area contributed by atoms with Crippen molar-refractivity contribution in [2.24, 2.45) is 7.05 Å². The average Bonchev–Trinajstić information content (AvgIpc) is 3.47. The highest BCUT2D eigenvalue weighted by Gasteiger charge is 2.20. The minimum absolute atomic E-state index is 0.0199. The Morgan fingerprint density at radius 3 is 2.71 bits per heavy atom. The van der Waals surface area contributed by atoms with Gasteiger partial charge in [-0.3, -0.25) is 9.48 Å². The topological polar surface area (TPSA) is 77.1 Å². The Balaban J connectivity index is 1.42. The number of thiophene rings is 1. The Morgan fingerprint density at radius 1 is 1.11 bits per heavy atom. The zero-order valence-electron chi connectivity index (χ0n) is 15.5. The third-order valence-electron chi connectivity index (χ3n) is 5.22. The first kappa shape index (κ1) is 17.1. The predicted octanol–water partition coefficient (Wildman–Crippen LogP) is 3.53. The number of nitrogens with zero attached hydrogens (tertiary/aromatic N) is 5. The van der Waals surface area contributed by atoms with Gasteiger partial charge >= 0.3 is 0 Å². The monoisotopic (exact) mass is 392 g/mol. The van der Waals surface area contributed by atoms with E-state index in [1.165, 1.54) is 24.2 Å². The van der Waals surface area contributed by atoms with E-state index in [1.54, 1.807) is 21.6 Å². The van der Waals surface area contributed by atoms with Gasteiger partial charge in [0.25, 0.3) is 5.91 Å². The smallest absolute Gasteiger partial charge is 0.261 e. The molecule has 0 unspecified atom stereocenters. The van der Waals surface area contributed by atoms with Crippen molar-refractivity contribution in [3.05, 3.63) is 47.3 Å². The predicted molar refractivity (Wildman–Crippen MR) is 108 cm³/mol. The van der Waals surface area contributed by atoms with Gasteiger partial charge in [0.05, 0.1) is 17.3 Å². The summed E-state index contributed by atoms with van der Waals surface area (Å²) in [5.41, 5.74) is 4.62. The molecule has 7 nitrogen and oxygen atoms in total. The van der Waals surface area contributed by atoms with E-state index in [9.17, 15) is 4.79 Å². The molecular weight excluding hydrogens is 372 g/mol. The Hall–Kier alpha value is -3.00. The molecule has 28 heavy (non-hydrogen) atoms. The SMILES string of the molecule is Cn1cc(-c2cnc3c(-c4csc(C(=O)NC5CCCC5)c4)cnn3c2)cn1. The number of carbonyl (C=O) groups is 1. The van der Waals surface area contributed by atoms with E-state index in [1.807, 2.05) is 37.1 Å². The van der Waals surface area contributed by atoms with E-state index >= 15 is 0 Å². The molecule has 142 valence electrons. The number of aromatic nitrogens is 5. The molecule has 1 N–H and O–H groups in total. The molecule has 0 aliphatic heterocycles. The second kappa shape index (κ2) is 6.87. The molecule has 1 aliphatic carbocycles. The van der Waals surface area contributed by atoms with Gasteiger partial charge < -0.3 is 5.32 Å². The van der Waals surface area contributed by atoms with Gasteiger partial charge in [-0.2, -0.15) is 10.2 Å². The number of fused-ring (bicyclic) bond motifs is 1. The van der Waals surface area contributed by atoms with Gasteiger partial charge in [-0.25, -0.2) is 9.50 Å². The zero-order chi connectivity index (χ0) is 19.1. The largest absolute Gasteiger partial charge is 0.349 e. The van der Waals surface area contributed by atoms with Crippen molar-refractivity contribution >= 4 is 22.9 Å². The highest BCUT2D eigenvalue weighted by Crippen LogP contribution is 2.29. The van der Waals surface area contributed by atoms with Gasteiger partial charge in [0.2, 0.25) is 0 Å². The van der Waals surface area contributed by atoms with Crippen molar-refractivity contribution in [3.8, 4) is 22.3 Å². The first-order valence-electron chi connectivity index (χ1n) is 9.39. The molecule has 0 bridgehead atoms. The van der Waals surface area contributed by atoms with Crippen LogP contribution in [0.15, 0.2) is 42.4 Å². The molecule has 0 aromatic carbocycles. The van der Waals surface area contributed by atoms with Crippen LogP contribution in [0.25, 0.3) is 27.9 Å². The molecule has 5 rings (SSSR count). The van der Waals surface area contributed by atoms with Crippen LogP contribution in [0.1, 0.15) is 35.4 Å². The Labute approximate surface area is 166 Å². The van der Waals surface area contributed by atoms with Crippen molar-refractivity contribution in [1.82, 2.24) is 29.7 Å². The molecule has 0 saturated heterocycles. The van der Waals surface area contributed by atoms with Gasteiger partial charge in [0.15, 0.2) is 5.65 Å². The van der Waals surface area contributed by atoms with Crippen molar-refractivity contribution in [2.75, 3.05) is 0 Å². The molecule has 4 aromatic heterocycles. The van der Waals surface area contributed by atoms with Gasteiger partial charge in [0, 0.05) is 48.4 Å². The summed E-state index contributed by atoms with van der Waals surface area (Å²) < 4.78 is 3.53. The minimum atomic E-state index is 0.0199. The first-order chi connectivity index (χ1) is 13.7. The molecule has 1 amide bonds. The molecule has 0 atom stereocenters. The summed E-state index contributed by atoms with van der Waals surface area (Å²) in [4.78, 5) is 17.8. The Kier molecular flexibility index (Phi) is 4.20. The lowest BCUT2D eigenvalue weighted by atomic mass is 10.1. The average molecular weight is 392 g/mol. The van der Waals surface area contributed by atoms with E-state index in [2.05, 4.69) is 20.5 Å². The van der Waals surface area contributed by atoms with Crippen LogP contribution < -0.4 is 5.32 Å². The quantitative estimate of drug-likeness (QED) is 0.576. The standard InChI is InChI=1S/C20H20N6OS/c1-25-10-15(8-22-25)14-7-21-19-17(9-23-26(19)11-14)13-6-18(28-12-13)20(27)24-16-4-2-3-5-16/h6-12,16H,2-5H2,1H3,(H,24,27). The maximum atomic E-state index is 12.5. The van der Waals surface area contributed by atoms with Crippen LogP contribution >= 0.6 is 11.3 Å². The third-order valence-corrected chi connectivity index (χ3v) is 6.15. The summed E-state index contributed by atoms with van der Waals surface area (Å²) >= 11 is 1.46. The summed E-state index contributed by atoms with van der Waals surface area (Å²) in [6.07, 6.45) is 13.9. The van der Waals surface area contributed by atoms with Gasteiger partial charge in [-0.1, -0.05) is 12.8 Å². The number of carbonyl (C=O) groups excluding carboxylic acids is 1. The molecule has 4 aromatic rings. The number of hydrogen-bond donors (Lipinski definition) is 1. The van der Waals surface area contributed by atoms with Crippen molar-refractivity contribution < 1.29 is 4.79 Å². The lowest BCUT2D eigenvalue weighted by molar-refractivity contribution is 0.0942. The molecule has 0 spiro atoms. The third kappa shape index (κ3) is 3.09. The summed E-state index contributed by atoms with van der Waals surface area (Å²) in [5, 5.41) is 13.8. The van der Waals surface area contributed by atoms with E-state index in [4.69, 9.17) is 0 Å². The number of rotatable bonds is 4. The lowest BCUT2D eigenvalue weighted by Gasteiger charge is -2.10. The number of nitrogens with one attached hydrogen (secondary N) is 1. The van der Waals surface area contributed by atoms with Crippen molar-refractivity contribution in [2.45, 2.75) is 31.7 Å². The van der Waals surface area contributed by atoms with E-state index < -0.39 is 0 Å². The fraction of sp³-hybridized carbons (Fsp3) is 0.300. The molecule has 0 radical (unpaired) electrons. The minimum Gasteiger partial charge on any atom is -0.349 e. The Morgan fingerprint density at radius 2 is 1.93 bits per heavy atom.